The molecule has 0 radical (unpaired) electrons. The van der Waals surface area contributed by atoms with Crippen LogP contribution in [0.25, 0.3) is 0 Å². The molecule has 1 aliphatic heterocycles. The number of anilines is 2. The number of hydrogen-bond acceptors (Lipinski definition) is 5. The van der Waals surface area contributed by atoms with Gasteiger partial charge in [0, 0.05) is 24.0 Å². The summed E-state index contributed by atoms with van der Waals surface area (Å²) in [6.45, 7) is 9.84. The number of rotatable bonds is 13. The molecule has 47 heavy (non-hydrogen) atoms. The fourth-order valence-electron chi connectivity index (χ4n) is 6.77. The van der Waals surface area contributed by atoms with E-state index in [-0.39, 0.29) is 43.2 Å². The van der Waals surface area contributed by atoms with Gasteiger partial charge in [0.05, 0.1) is 6.42 Å². The third-order valence-corrected chi connectivity index (χ3v) is 9.03. The number of para-hydroxylation sites is 1. The number of hydrogen-bond donors (Lipinski definition) is 4. The molecule has 2 atom stereocenters. The predicted molar refractivity (Wildman–Crippen MR) is 181 cm³/mol. The molecule has 254 valence electrons. The lowest BCUT2D eigenvalue weighted by atomic mass is 9.80. The lowest BCUT2D eigenvalue weighted by molar-refractivity contribution is -0.142. The zero-order valence-corrected chi connectivity index (χ0v) is 28.2. The van der Waals surface area contributed by atoms with Gasteiger partial charge in [-0.15, -0.1) is 0 Å². The minimum Gasteiger partial charge on any atom is -0.481 e. The third kappa shape index (κ3) is 8.69. The van der Waals surface area contributed by atoms with Crippen molar-refractivity contribution in [2.75, 3.05) is 10.6 Å². The molecule has 0 aromatic heterocycles. The second-order valence-corrected chi connectivity index (χ2v) is 13.8. The van der Waals surface area contributed by atoms with Crippen molar-refractivity contribution in [2.24, 2.45) is 11.8 Å². The molecule has 0 bridgehead atoms. The van der Waals surface area contributed by atoms with Crippen molar-refractivity contribution >= 4 is 41.2 Å². The SMILES string of the molecule is Cc1ccccc1NC(=O)Nc1ccc(CN2C(=O)N([C@@H](CC(C)C)C(=O)NC(CC(=O)O)CC(C)C)C(=O)C23CCCCC3)cc1. The van der Waals surface area contributed by atoms with Gasteiger partial charge in [0.25, 0.3) is 5.91 Å². The highest BCUT2D eigenvalue weighted by Crippen LogP contribution is 2.42. The molecule has 2 fully saturated rings. The molecule has 6 amide bonds. The minimum absolute atomic E-state index is 0.00576. The van der Waals surface area contributed by atoms with Gasteiger partial charge in [-0.3, -0.25) is 14.4 Å². The molecule has 1 heterocycles. The van der Waals surface area contributed by atoms with Crippen molar-refractivity contribution in [1.82, 2.24) is 15.1 Å². The number of carboxylic acid groups (broad SMARTS) is 1. The number of carbonyl (C=O) groups is 5. The van der Waals surface area contributed by atoms with E-state index >= 15 is 0 Å². The summed E-state index contributed by atoms with van der Waals surface area (Å²) in [7, 11) is 0. The molecule has 1 saturated heterocycles. The van der Waals surface area contributed by atoms with E-state index in [2.05, 4.69) is 16.0 Å². The van der Waals surface area contributed by atoms with Crippen molar-refractivity contribution < 1.29 is 29.1 Å². The molecular formula is C36H49N5O6. The van der Waals surface area contributed by atoms with Gasteiger partial charge in [0.2, 0.25) is 5.91 Å². The first-order valence-corrected chi connectivity index (χ1v) is 16.7. The molecule has 1 saturated carbocycles. The average Bonchev–Trinajstić information content (AvgIpc) is 3.18. The second-order valence-electron chi connectivity index (χ2n) is 13.8. The number of aryl methyl sites for hydroxylation is 1. The fraction of sp³-hybridized carbons (Fsp3) is 0.528. The molecule has 2 aromatic carbocycles. The Hall–Kier alpha value is -4.41. The standard InChI is InChI=1S/C36H49N5O6/c1-23(2)19-28(21-31(42)43)37-32(44)30(20-24(3)4)41-33(45)36(17-9-6-10-18-36)40(35(41)47)22-26-13-15-27(16-14-26)38-34(46)39-29-12-8-7-11-25(29)5/h7-8,11-16,23-24,28,30H,6,9-10,17-22H2,1-5H3,(H,37,44)(H,42,43)(H2,38,39,46)/t28?,30-/m0/s1. The number of nitrogens with one attached hydrogen (secondary N) is 3. The maximum Gasteiger partial charge on any atom is 0.328 e. The van der Waals surface area contributed by atoms with E-state index in [0.717, 1.165) is 35.3 Å². The largest absolute Gasteiger partial charge is 0.481 e. The van der Waals surface area contributed by atoms with Crippen LogP contribution in [0.5, 0.6) is 0 Å². The van der Waals surface area contributed by atoms with Gasteiger partial charge in [-0.05, 0) is 73.8 Å². The van der Waals surface area contributed by atoms with Crippen LogP contribution in [0, 0.1) is 18.8 Å². The lowest BCUT2D eigenvalue weighted by Gasteiger charge is -2.38. The summed E-state index contributed by atoms with van der Waals surface area (Å²) >= 11 is 0. The van der Waals surface area contributed by atoms with E-state index in [4.69, 9.17) is 0 Å². The number of urea groups is 2. The molecule has 1 aliphatic carbocycles. The number of nitrogens with zero attached hydrogens (tertiary/aromatic N) is 2. The number of aliphatic carboxylic acids is 1. The van der Waals surface area contributed by atoms with Crippen LogP contribution < -0.4 is 16.0 Å². The molecule has 4 N–H and O–H groups in total. The first-order chi connectivity index (χ1) is 22.3. The molecular weight excluding hydrogens is 598 g/mol. The molecule has 1 unspecified atom stereocenters. The highest BCUT2D eigenvalue weighted by molar-refractivity contribution is 6.10. The van der Waals surface area contributed by atoms with Gasteiger partial charge in [0.15, 0.2) is 0 Å². The Morgan fingerprint density at radius 2 is 1.51 bits per heavy atom. The quantitative estimate of drug-likeness (QED) is 0.182. The van der Waals surface area contributed by atoms with Crippen LogP contribution >= 0.6 is 0 Å². The molecule has 11 nitrogen and oxygen atoms in total. The molecule has 2 aromatic rings. The van der Waals surface area contributed by atoms with Gasteiger partial charge >= 0.3 is 18.0 Å². The van der Waals surface area contributed by atoms with Crippen LogP contribution in [0.15, 0.2) is 48.5 Å². The molecule has 2 aliphatic rings. The van der Waals surface area contributed by atoms with Crippen molar-refractivity contribution in [2.45, 2.75) is 110 Å². The summed E-state index contributed by atoms with van der Waals surface area (Å²) in [6, 6.07) is 12.1. The Labute approximate surface area is 277 Å². The summed E-state index contributed by atoms with van der Waals surface area (Å²) in [5, 5.41) is 18.0. The summed E-state index contributed by atoms with van der Waals surface area (Å²) < 4.78 is 0. The Bertz CT molecular complexity index is 1450. The number of amides is 6. The third-order valence-electron chi connectivity index (χ3n) is 9.03. The van der Waals surface area contributed by atoms with Crippen LogP contribution in [-0.4, -0.2) is 62.4 Å². The first-order valence-electron chi connectivity index (χ1n) is 16.7. The Balaban J connectivity index is 1.55. The monoisotopic (exact) mass is 647 g/mol. The van der Waals surface area contributed by atoms with E-state index in [9.17, 15) is 29.1 Å². The topological polar surface area (TPSA) is 148 Å². The number of carboxylic acids is 1. The van der Waals surface area contributed by atoms with E-state index in [1.807, 2.05) is 71.0 Å². The summed E-state index contributed by atoms with van der Waals surface area (Å²) in [4.78, 5) is 69.4. The maximum absolute atomic E-state index is 14.3. The van der Waals surface area contributed by atoms with Crippen molar-refractivity contribution in [3.05, 3.63) is 59.7 Å². The second kappa shape index (κ2) is 15.5. The molecule has 1 spiro atoms. The highest BCUT2D eigenvalue weighted by atomic mass is 16.4. The zero-order chi connectivity index (χ0) is 34.3. The Morgan fingerprint density at radius 1 is 0.872 bits per heavy atom. The first kappa shape index (κ1) is 35.4. The van der Waals surface area contributed by atoms with E-state index in [1.165, 1.54) is 0 Å². The number of carbonyl (C=O) groups excluding carboxylic acids is 4. The van der Waals surface area contributed by atoms with Gasteiger partial charge in [-0.2, -0.15) is 0 Å². The highest BCUT2D eigenvalue weighted by Gasteiger charge is 2.59. The maximum atomic E-state index is 14.3. The number of imide groups is 1. The average molecular weight is 648 g/mol. The fourth-order valence-corrected chi connectivity index (χ4v) is 6.77. The van der Waals surface area contributed by atoms with E-state index in [1.54, 1.807) is 17.0 Å². The van der Waals surface area contributed by atoms with E-state index in [0.29, 0.717) is 30.6 Å². The molecule has 11 heteroatoms. The Morgan fingerprint density at radius 3 is 2.11 bits per heavy atom. The lowest BCUT2D eigenvalue weighted by Crippen LogP contribution is -2.54. The Kier molecular flexibility index (Phi) is 11.7. The van der Waals surface area contributed by atoms with Crippen LogP contribution in [0.1, 0.15) is 90.2 Å². The van der Waals surface area contributed by atoms with E-state index < -0.39 is 35.5 Å². The van der Waals surface area contributed by atoms with Crippen LogP contribution in [-0.2, 0) is 20.9 Å². The normalized spacial score (nSPS) is 17.3. The van der Waals surface area contributed by atoms with Crippen molar-refractivity contribution in [1.29, 1.82) is 0 Å². The van der Waals surface area contributed by atoms with Gasteiger partial charge in [-0.1, -0.05) is 77.3 Å². The van der Waals surface area contributed by atoms with Crippen LogP contribution in [0.2, 0.25) is 0 Å². The zero-order valence-electron chi connectivity index (χ0n) is 28.2. The van der Waals surface area contributed by atoms with Gasteiger partial charge < -0.3 is 26.0 Å². The van der Waals surface area contributed by atoms with Gasteiger partial charge in [-0.25, -0.2) is 14.5 Å². The van der Waals surface area contributed by atoms with Crippen LogP contribution in [0.4, 0.5) is 21.0 Å². The predicted octanol–water partition coefficient (Wildman–Crippen LogP) is 6.53. The summed E-state index contributed by atoms with van der Waals surface area (Å²) in [5.74, 6) is -1.74. The summed E-state index contributed by atoms with van der Waals surface area (Å²) in [5.41, 5.74) is 1.96. The molecule has 4 rings (SSSR count). The van der Waals surface area contributed by atoms with Crippen molar-refractivity contribution in [3.63, 3.8) is 0 Å². The van der Waals surface area contributed by atoms with Gasteiger partial charge in [0.1, 0.15) is 11.6 Å². The smallest absolute Gasteiger partial charge is 0.328 e. The minimum atomic E-state index is -1.06. The summed E-state index contributed by atoms with van der Waals surface area (Å²) in [6.07, 6.45) is 4.05. The van der Waals surface area contributed by atoms with Crippen molar-refractivity contribution in [3.8, 4) is 0 Å². The van der Waals surface area contributed by atoms with Crippen LogP contribution in [0.3, 0.4) is 0 Å². The number of benzene rings is 2.